The number of Topliss-reactive ketones (excluding diaryl/α,β-unsaturated/α-hetero) is 1. The number of carbonyl (C=O) groups is 2. The minimum Gasteiger partial charge on any atom is -0.465 e. The van der Waals surface area contributed by atoms with E-state index in [-0.39, 0.29) is 12.3 Å². The minimum absolute atomic E-state index is 0.0536. The molecule has 0 radical (unpaired) electrons. The van der Waals surface area contributed by atoms with Crippen LogP contribution in [0.3, 0.4) is 0 Å². The van der Waals surface area contributed by atoms with Crippen LogP contribution >= 0.6 is 0 Å². The van der Waals surface area contributed by atoms with Gasteiger partial charge < -0.3 is 15.0 Å². The van der Waals surface area contributed by atoms with Crippen LogP contribution in [0.5, 0.6) is 0 Å². The van der Waals surface area contributed by atoms with Gasteiger partial charge in [0.25, 0.3) is 0 Å². The van der Waals surface area contributed by atoms with Crippen LogP contribution in [0.1, 0.15) is 20.7 Å². The molecule has 2 aromatic carbocycles. The van der Waals surface area contributed by atoms with Gasteiger partial charge in [0, 0.05) is 28.4 Å². The molecule has 3 aromatic rings. The zero-order chi connectivity index (χ0) is 16.2. The van der Waals surface area contributed by atoms with Crippen molar-refractivity contribution in [2.45, 2.75) is 0 Å². The Morgan fingerprint density at radius 2 is 1.78 bits per heavy atom. The van der Waals surface area contributed by atoms with Gasteiger partial charge in [-0.3, -0.25) is 4.79 Å². The van der Waals surface area contributed by atoms with E-state index < -0.39 is 5.97 Å². The lowest BCUT2D eigenvalue weighted by Gasteiger charge is -2.09. The number of benzene rings is 2. The van der Waals surface area contributed by atoms with Gasteiger partial charge in [0.2, 0.25) is 0 Å². The van der Waals surface area contributed by atoms with Crippen molar-refractivity contribution in [3.05, 3.63) is 65.9 Å². The fourth-order valence-corrected chi connectivity index (χ4v) is 2.50. The van der Waals surface area contributed by atoms with Gasteiger partial charge in [-0.2, -0.15) is 0 Å². The number of H-pyrrole nitrogens is 1. The van der Waals surface area contributed by atoms with Crippen LogP contribution in [0, 0.1) is 0 Å². The van der Waals surface area contributed by atoms with Crippen molar-refractivity contribution in [3.63, 3.8) is 0 Å². The number of ketones is 1. The number of nitrogens with one attached hydrogen (secondary N) is 2. The van der Waals surface area contributed by atoms with Crippen LogP contribution < -0.4 is 5.32 Å². The van der Waals surface area contributed by atoms with Crippen molar-refractivity contribution >= 4 is 28.3 Å². The van der Waals surface area contributed by atoms with E-state index in [1.807, 2.05) is 24.3 Å². The summed E-state index contributed by atoms with van der Waals surface area (Å²) in [5.41, 5.74) is 2.53. The van der Waals surface area contributed by atoms with E-state index in [9.17, 15) is 9.59 Å². The monoisotopic (exact) mass is 308 g/mol. The number of rotatable bonds is 5. The summed E-state index contributed by atoms with van der Waals surface area (Å²) in [5.74, 6) is -0.491. The molecule has 0 atom stereocenters. The van der Waals surface area contributed by atoms with Crippen LogP contribution in [0.4, 0.5) is 5.69 Å². The summed E-state index contributed by atoms with van der Waals surface area (Å²) in [5, 5.41) is 3.91. The average molecular weight is 308 g/mol. The zero-order valence-electron chi connectivity index (χ0n) is 12.6. The van der Waals surface area contributed by atoms with E-state index in [0.717, 1.165) is 10.9 Å². The number of carbonyl (C=O) groups excluding carboxylic acids is 2. The molecular weight excluding hydrogens is 292 g/mol. The lowest BCUT2D eigenvalue weighted by Crippen LogP contribution is -2.16. The third kappa shape index (κ3) is 2.94. The number of hydrogen-bond acceptors (Lipinski definition) is 4. The number of methoxy groups -OCH3 is 1. The molecule has 3 rings (SSSR count). The number of esters is 1. The third-order valence-corrected chi connectivity index (χ3v) is 3.66. The van der Waals surface area contributed by atoms with Gasteiger partial charge in [-0.1, -0.05) is 30.3 Å². The molecule has 23 heavy (non-hydrogen) atoms. The Morgan fingerprint density at radius 1 is 1.04 bits per heavy atom. The first-order valence-electron chi connectivity index (χ1n) is 7.21. The van der Waals surface area contributed by atoms with Crippen LogP contribution in [0.2, 0.25) is 0 Å². The van der Waals surface area contributed by atoms with E-state index in [0.29, 0.717) is 16.8 Å². The molecule has 0 saturated carbocycles. The van der Waals surface area contributed by atoms with E-state index in [1.54, 1.807) is 30.5 Å². The normalized spacial score (nSPS) is 10.5. The molecule has 0 saturated heterocycles. The first kappa shape index (κ1) is 14.8. The van der Waals surface area contributed by atoms with Crippen molar-refractivity contribution in [3.8, 4) is 0 Å². The van der Waals surface area contributed by atoms with E-state index in [1.165, 1.54) is 7.11 Å². The number of aromatic nitrogens is 1. The standard InChI is InChI=1S/C18H16N2O3/c1-23-18(22)13-7-3-5-9-16(13)20-11-17(21)14-10-19-15-8-4-2-6-12(14)15/h2-10,19-20H,11H2,1H3. The fraction of sp³-hybridized carbons (Fsp3) is 0.111. The van der Waals surface area contributed by atoms with Gasteiger partial charge >= 0.3 is 5.97 Å². The Kier molecular flexibility index (Phi) is 4.10. The smallest absolute Gasteiger partial charge is 0.339 e. The zero-order valence-corrected chi connectivity index (χ0v) is 12.6. The Hall–Kier alpha value is -3.08. The Labute approximate surface area is 133 Å². The maximum absolute atomic E-state index is 12.4. The van der Waals surface area contributed by atoms with Gasteiger partial charge in [0.1, 0.15) is 0 Å². The molecule has 0 fully saturated rings. The second-order valence-corrected chi connectivity index (χ2v) is 5.06. The summed E-state index contributed by atoms with van der Waals surface area (Å²) in [4.78, 5) is 27.3. The Morgan fingerprint density at radius 3 is 2.61 bits per heavy atom. The topological polar surface area (TPSA) is 71.2 Å². The Bertz CT molecular complexity index is 867. The SMILES string of the molecule is COC(=O)c1ccccc1NCC(=O)c1c[nH]c2ccccc12. The molecule has 0 aliphatic rings. The molecule has 2 N–H and O–H groups in total. The number of para-hydroxylation sites is 2. The summed E-state index contributed by atoms with van der Waals surface area (Å²) in [6.07, 6.45) is 1.71. The molecule has 0 amide bonds. The van der Waals surface area contributed by atoms with Crippen molar-refractivity contribution in [1.82, 2.24) is 4.98 Å². The molecule has 116 valence electrons. The highest BCUT2D eigenvalue weighted by atomic mass is 16.5. The highest BCUT2D eigenvalue weighted by Gasteiger charge is 2.14. The highest BCUT2D eigenvalue weighted by Crippen LogP contribution is 2.19. The van der Waals surface area contributed by atoms with E-state index >= 15 is 0 Å². The van der Waals surface area contributed by atoms with Gasteiger partial charge in [0.15, 0.2) is 5.78 Å². The minimum atomic E-state index is -0.437. The van der Waals surface area contributed by atoms with Gasteiger partial charge in [-0.05, 0) is 18.2 Å². The average Bonchev–Trinajstić information content (AvgIpc) is 3.03. The third-order valence-electron chi connectivity index (χ3n) is 3.66. The van der Waals surface area contributed by atoms with Crippen LogP contribution in [0.25, 0.3) is 10.9 Å². The van der Waals surface area contributed by atoms with Crippen molar-refractivity contribution in [2.24, 2.45) is 0 Å². The lowest BCUT2D eigenvalue weighted by atomic mass is 10.1. The molecule has 0 bridgehead atoms. The van der Waals surface area contributed by atoms with Crippen LogP contribution in [-0.2, 0) is 4.74 Å². The number of aromatic amines is 1. The van der Waals surface area contributed by atoms with Gasteiger partial charge in [-0.25, -0.2) is 4.79 Å². The lowest BCUT2D eigenvalue weighted by molar-refractivity contribution is 0.0601. The number of ether oxygens (including phenoxy) is 1. The molecule has 0 aliphatic carbocycles. The van der Waals surface area contributed by atoms with E-state index in [4.69, 9.17) is 4.74 Å². The predicted molar refractivity (Wildman–Crippen MR) is 88.9 cm³/mol. The van der Waals surface area contributed by atoms with Crippen molar-refractivity contribution in [1.29, 1.82) is 0 Å². The molecule has 0 unspecified atom stereocenters. The Balaban J connectivity index is 1.79. The second kappa shape index (κ2) is 6.36. The number of fused-ring (bicyclic) bond motifs is 1. The molecule has 0 spiro atoms. The summed E-state index contributed by atoms with van der Waals surface area (Å²) in [6.45, 7) is 0.0931. The fourth-order valence-electron chi connectivity index (χ4n) is 2.50. The van der Waals surface area contributed by atoms with Gasteiger partial charge in [-0.15, -0.1) is 0 Å². The summed E-state index contributed by atoms with van der Waals surface area (Å²) >= 11 is 0. The van der Waals surface area contributed by atoms with Gasteiger partial charge in [0.05, 0.1) is 19.2 Å². The first-order valence-corrected chi connectivity index (χ1v) is 7.21. The second-order valence-electron chi connectivity index (χ2n) is 5.06. The van der Waals surface area contributed by atoms with E-state index in [2.05, 4.69) is 10.3 Å². The van der Waals surface area contributed by atoms with Crippen molar-refractivity contribution < 1.29 is 14.3 Å². The summed E-state index contributed by atoms with van der Waals surface area (Å²) in [7, 11) is 1.33. The highest BCUT2D eigenvalue weighted by molar-refractivity contribution is 6.09. The molecule has 0 aliphatic heterocycles. The largest absolute Gasteiger partial charge is 0.465 e. The molecule has 5 nitrogen and oxygen atoms in total. The first-order chi connectivity index (χ1) is 11.2. The van der Waals surface area contributed by atoms with Crippen LogP contribution in [0.15, 0.2) is 54.7 Å². The molecule has 1 heterocycles. The quantitative estimate of drug-likeness (QED) is 0.560. The summed E-state index contributed by atoms with van der Waals surface area (Å²) in [6, 6.07) is 14.6. The number of anilines is 1. The molecular formula is C18H16N2O3. The number of hydrogen-bond donors (Lipinski definition) is 2. The molecule has 1 aromatic heterocycles. The maximum atomic E-state index is 12.4. The maximum Gasteiger partial charge on any atom is 0.339 e. The van der Waals surface area contributed by atoms with Crippen LogP contribution in [-0.4, -0.2) is 30.4 Å². The van der Waals surface area contributed by atoms with Crippen molar-refractivity contribution in [2.75, 3.05) is 19.0 Å². The molecule has 5 heteroatoms. The predicted octanol–water partition coefficient (Wildman–Crippen LogP) is 3.25. The summed E-state index contributed by atoms with van der Waals surface area (Å²) < 4.78 is 4.74.